The lowest BCUT2D eigenvalue weighted by Gasteiger charge is -2.21. The Kier molecular flexibility index (Phi) is 52.1. The number of hydrogen-bond acceptors (Lipinski definition) is 15. The van der Waals surface area contributed by atoms with Crippen molar-refractivity contribution in [1.82, 2.24) is 0 Å². The van der Waals surface area contributed by atoms with E-state index in [1.165, 1.54) is 64.2 Å². The third kappa shape index (κ3) is 52.9. The molecule has 0 aromatic rings. The first kappa shape index (κ1) is 75.5. The third-order valence-corrected chi connectivity index (χ3v) is 14.9. The van der Waals surface area contributed by atoms with Crippen molar-refractivity contribution in [2.75, 3.05) is 39.6 Å². The summed E-state index contributed by atoms with van der Waals surface area (Å²) in [4.78, 5) is 71.6. The molecule has 0 aliphatic heterocycles. The Balaban J connectivity index is 5.21. The van der Waals surface area contributed by atoms with Crippen molar-refractivity contribution < 1.29 is 80.2 Å². The highest BCUT2D eigenvalue weighted by Gasteiger charge is 2.30. The van der Waals surface area contributed by atoms with Crippen LogP contribution in [0.1, 0.15) is 272 Å². The van der Waals surface area contributed by atoms with E-state index in [0.29, 0.717) is 25.7 Å². The molecular formula is C59H110O17P2. The number of ether oxygens (including phenoxy) is 4. The molecule has 0 fully saturated rings. The first-order chi connectivity index (χ1) is 37.7. The SMILES string of the molecule is CCCCCC/C=C\C=C/CCCCCCCC(=O)O[C@H](COC(=O)CCCCCCCCCCC)COP(=O)(O)OC[C@@H](O)COP(=O)(O)OC[C@@H](COC(=O)CCCCCCCCC)OC(=O)CCCCCCCCC. The molecule has 0 radical (unpaired) electrons. The summed E-state index contributed by atoms with van der Waals surface area (Å²) < 4.78 is 67.5. The van der Waals surface area contributed by atoms with Crippen LogP contribution in [0, 0.1) is 0 Å². The zero-order chi connectivity index (χ0) is 57.6. The number of carbonyl (C=O) groups excluding carboxylic acids is 4. The molecule has 0 rings (SSSR count). The predicted molar refractivity (Wildman–Crippen MR) is 308 cm³/mol. The summed E-state index contributed by atoms with van der Waals surface area (Å²) >= 11 is 0. The van der Waals surface area contributed by atoms with Crippen molar-refractivity contribution in [3.63, 3.8) is 0 Å². The fourth-order valence-electron chi connectivity index (χ4n) is 8.21. The number of aliphatic hydroxyl groups excluding tert-OH is 1. The van der Waals surface area contributed by atoms with Crippen LogP contribution in [-0.2, 0) is 65.4 Å². The maximum atomic E-state index is 12.9. The molecule has 0 amide bonds. The van der Waals surface area contributed by atoms with E-state index in [1.54, 1.807) is 0 Å². The number of rotatable bonds is 58. The van der Waals surface area contributed by atoms with Crippen LogP contribution in [0.15, 0.2) is 24.3 Å². The van der Waals surface area contributed by atoms with Gasteiger partial charge in [0.15, 0.2) is 12.2 Å². The van der Waals surface area contributed by atoms with E-state index in [4.69, 9.17) is 37.0 Å². The van der Waals surface area contributed by atoms with Crippen LogP contribution < -0.4 is 0 Å². The van der Waals surface area contributed by atoms with Crippen LogP contribution >= 0.6 is 15.6 Å². The minimum Gasteiger partial charge on any atom is -0.462 e. The molecule has 0 aromatic carbocycles. The highest BCUT2D eigenvalue weighted by Crippen LogP contribution is 2.45. The van der Waals surface area contributed by atoms with E-state index in [1.807, 2.05) is 0 Å². The Morgan fingerprint density at radius 1 is 0.359 bits per heavy atom. The average molecular weight is 1150 g/mol. The molecule has 17 nitrogen and oxygen atoms in total. The standard InChI is InChI=1S/C59H110O17P2/c1-5-9-13-17-21-23-24-25-26-27-28-30-34-38-42-46-59(64)76-55(50-70-57(62)44-40-36-33-29-22-18-14-10-6-2)52-74-78(67,68)72-48-53(60)47-71-77(65,66)73-51-54(75-58(63)45-41-37-32-20-16-12-8-4)49-69-56(61)43-39-35-31-19-15-11-7-3/h23-26,53-55,60H,5-22,27-52H2,1-4H3,(H,65,66)(H,67,68)/b24-23-,26-25-/t53-,54+,55+/m0/s1. The number of phosphoric ester groups is 2. The van der Waals surface area contributed by atoms with Gasteiger partial charge >= 0.3 is 39.5 Å². The van der Waals surface area contributed by atoms with E-state index in [-0.39, 0.29) is 25.7 Å². The molecule has 458 valence electrons. The van der Waals surface area contributed by atoms with Gasteiger partial charge in [-0.3, -0.25) is 37.3 Å². The van der Waals surface area contributed by atoms with Gasteiger partial charge < -0.3 is 33.8 Å². The van der Waals surface area contributed by atoms with Crippen LogP contribution in [0.2, 0.25) is 0 Å². The van der Waals surface area contributed by atoms with Crippen LogP contribution in [0.4, 0.5) is 0 Å². The van der Waals surface area contributed by atoms with Crippen molar-refractivity contribution in [2.45, 2.75) is 290 Å². The zero-order valence-corrected chi connectivity index (χ0v) is 50.9. The molecule has 0 aromatic heterocycles. The number of carbonyl (C=O) groups is 4. The van der Waals surface area contributed by atoms with Crippen molar-refractivity contribution in [2.24, 2.45) is 0 Å². The van der Waals surface area contributed by atoms with Crippen molar-refractivity contribution in [1.29, 1.82) is 0 Å². The topological polar surface area (TPSA) is 237 Å². The lowest BCUT2D eigenvalue weighted by molar-refractivity contribution is -0.161. The molecule has 78 heavy (non-hydrogen) atoms. The molecule has 0 spiro atoms. The monoisotopic (exact) mass is 1150 g/mol. The molecule has 0 aliphatic rings. The molecule has 0 saturated heterocycles. The van der Waals surface area contributed by atoms with Gasteiger partial charge in [-0.1, -0.05) is 219 Å². The maximum Gasteiger partial charge on any atom is 0.472 e. The van der Waals surface area contributed by atoms with Gasteiger partial charge in [0, 0.05) is 25.7 Å². The Labute approximate surface area is 472 Å². The number of esters is 4. The molecule has 2 unspecified atom stereocenters. The Hall–Kier alpha value is -2.46. The van der Waals surface area contributed by atoms with Crippen LogP contribution in [-0.4, -0.2) is 96.7 Å². The molecule has 5 atom stereocenters. The van der Waals surface area contributed by atoms with E-state index in [0.717, 1.165) is 128 Å². The fourth-order valence-corrected chi connectivity index (χ4v) is 9.79. The van der Waals surface area contributed by atoms with E-state index >= 15 is 0 Å². The summed E-state index contributed by atoms with van der Waals surface area (Å²) in [5.74, 6) is -2.18. The summed E-state index contributed by atoms with van der Waals surface area (Å²) in [5, 5.41) is 10.5. The van der Waals surface area contributed by atoms with Gasteiger partial charge in [0.1, 0.15) is 19.3 Å². The summed E-state index contributed by atoms with van der Waals surface area (Å²) in [7, 11) is -9.88. The van der Waals surface area contributed by atoms with Gasteiger partial charge in [-0.15, -0.1) is 0 Å². The van der Waals surface area contributed by atoms with Gasteiger partial charge in [-0.05, 0) is 51.4 Å². The van der Waals surface area contributed by atoms with E-state index in [2.05, 4.69) is 52.0 Å². The third-order valence-electron chi connectivity index (χ3n) is 13.0. The Bertz CT molecular complexity index is 1610. The summed E-state index contributed by atoms with van der Waals surface area (Å²) in [6.45, 7) is 4.69. The van der Waals surface area contributed by atoms with Gasteiger partial charge in [-0.25, -0.2) is 9.13 Å². The smallest absolute Gasteiger partial charge is 0.462 e. The fraction of sp³-hybridized carbons (Fsp3) is 0.864. The van der Waals surface area contributed by atoms with Crippen LogP contribution in [0.25, 0.3) is 0 Å². The molecule has 0 saturated carbocycles. The summed E-state index contributed by atoms with van der Waals surface area (Å²) in [5.41, 5.74) is 0. The van der Waals surface area contributed by atoms with Crippen molar-refractivity contribution in [3.05, 3.63) is 24.3 Å². The number of hydrogen-bond donors (Lipinski definition) is 3. The Morgan fingerprint density at radius 2 is 0.615 bits per heavy atom. The minimum atomic E-state index is -4.94. The minimum absolute atomic E-state index is 0.0850. The highest BCUT2D eigenvalue weighted by atomic mass is 31.2. The first-order valence-electron chi connectivity index (χ1n) is 30.6. The number of phosphoric acid groups is 2. The summed E-state index contributed by atoms with van der Waals surface area (Å²) in [6, 6.07) is 0. The van der Waals surface area contributed by atoms with Crippen LogP contribution in [0.5, 0.6) is 0 Å². The lowest BCUT2D eigenvalue weighted by Crippen LogP contribution is -2.30. The molecule has 0 bridgehead atoms. The molecule has 0 aliphatic carbocycles. The quantitative estimate of drug-likeness (QED) is 0.0169. The molecule has 3 N–H and O–H groups in total. The second-order valence-corrected chi connectivity index (χ2v) is 23.6. The van der Waals surface area contributed by atoms with E-state index in [9.17, 15) is 43.2 Å². The second kappa shape index (κ2) is 53.8. The highest BCUT2D eigenvalue weighted by molar-refractivity contribution is 7.47. The predicted octanol–water partition coefficient (Wildman–Crippen LogP) is 15.5. The molecule has 0 heterocycles. The second-order valence-electron chi connectivity index (χ2n) is 20.7. The number of allylic oxidation sites excluding steroid dienone is 4. The van der Waals surface area contributed by atoms with Gasteiger partial charge in [-0.2, -0.15) is 0 Å². The van der Waals surface area contributed by atoms with Gasteiger partial charge in [0.25, 0.3) is 0 Å². The lowest BCUT2D eigenvalue weighted by atomic mass is 10.1. The van der Waals surface area contributed by atoms with Gasteiger partial charge in [0.2, 0.25) is 0 Å². The molecular weight excluding hydrogens is 1040 g/mol. The van der Waals surface area contributed by atoms with E-state index < -0.39 is 97.5 Å². The van der Waals surface area contributed by atoms with Gasteiger partial charge in [0.05, 0.1) is 26.4 Å². The van der Waals surface area contributed by atoms with Crippen molar-refractivity contribution in [3.8, 4) is 0 Å². The van der Waals surface area contributed by atoms with Crippen LogP contribution in [0.3, 0.4) is 0 Å². The molecule has 19 heteroatoms. The largest absolute Gasteiger partial charge is 0.472 e. The Morgan fingerprint density at radius 3 is 0.936 bits per heavy atom. The average Bonchev–Trinajstić information content (AvgIpc) is 3.41. The first-order valence-corrected chi connectivity index (χ1v) is 33.6. The normalized spacial score (nSPS) is 14.5. The maximum absolute atomic E-state index is 12.9. The summed E-state index contributed by atoms with van der Waals surface area (Å²) in [6.07, 6.45) is 40.0. The number of unbranched alkanes of at least 4 members (excludes halogenated alkanes) is 29. The van der Waals surface area contributed by atoms with Crippen molar-refractivity contribution >= 4 is 39.5 Å². The zero-order valence-electron chi connectivity index (χ0n) is 49.1. The number of aliphatic hydroxyl groups is 1.